The second-order valence-electron chi connectivity index (χ2n) is 4.84. The highest BCUT2D eigenvalue weighted by atomic mass is 16.5. The average Bonchev–Trinajstić information content (AvgIpc) is 3.01. The van der Waals surface area contributed by atoms with Crippen molar-refractivity contribution in [1.82, 2.24) is 15.3 Å². The normalized spacial score (nSPS) is 23.8. The van der Waals surface area contributed by atoms with Gasteiger partial charge in [0, 0.05) is 6.04 Å². The lowest BCUT2D eigenvalue weighted by molar-refractivity contribution is 0.187. The third-order valence-corrected chi connectivity index (χ3v) is 3.50. The molecular formula is C14H19N3O. The molecule has 2 aromatic rings. The molecule has 2 unspecified atom stereocenters. The minimum Gasteiger partial charge on any atom is -0.379 e. The van der Waals surface area contributed by atoms with Gasteiger partial charge in [0.1, 0.15) is 5.82 Å². The van der Waals surface area contributed by atoms with Crippen molar-refractivity contribution in [3.63, 3.8) is 0 Å². The van der Waals surface area contributed by atoms with Crippen LogP contribution < -0.4 is 5.32 Å². The van der Waals surface area contributed by atoms with E-state index in [4.69, 9.17) is 4.74 Å². The van der Waals surface area contributed by atoms with Gasteiger partial charge in [-0.2, -0.15) is 0 Å². The van der Waals surface area contributed by atoms with Crippen molar-refractivity contribution < 1.29 is 4.74 Å². The number of fused-ring (bicyclic) bond motifs is 1. The minimum absolute atomic E-state index is 0.337. The molecule has 2 N–H and O–H groups in total. The van der Waals surface area contributed by atoms with Crippen molar-refractivity contribution in [3.05, 3.63) is 30.1 Å². The summed E-state index contributed by atoms with van der Waals surface area (Å²) in [4.78, 5) is 8.09. The maximum Gasteiger partial charge on any atom is 0.114 e. The predicted octanol–water partition coefficient (Wildman–Crippen LogP) is 2.04. The fourth-order valence-electron chi connectivity index (χ4n) is 2.50. The number of nitrogens with zero attached hydrogens (tertiary/aromatic N) is 1. The molecule has 0 bridgehead atoms. The Kier molecular flexibility index (Phi) is 3.30. The van der Waals surface area contributed by atoms with Gasteiger partial charge in [-0.1, -0.05) is 19.1 Å². The van der Waals surface area contributed by atoms with Gasteiger partial charge in [-0.05, 0) is 25.1 Å². The summed E-state index contributed by atoms with van der Waals surface area (Å²) >= 11 is 0. The lowest BCUT2D eigenvalue weighted by Gasteiger charge is -2.16. The highest BCUT2D eigenvalue weighted by molar-refractivity contribution is 5.74. The van der Waals surface area contributed by atoms with E-state index in [-0.39, 0.29) is 0 Å². The van der Waals surface area contributed by atoms with Gasteiger partial charge in [0.2, 0.25) is 0 Å². The number of imidazole rings is 1. The van der Waals surface area contributed by atoms with Gasteiger partial charge in [-0.25, -0.2) is 4.98 Å². The molecule has 18 heavy (non-hydrogen) atoms. The number of para-hydroxylation sites is 2. The van der Waals surface area contributed by atoms with E-state index in [9.17, 15) is 0 Å². The topological polar surface area (TPSA) is 49.9 Å². The number of rotatable bonds is 4. The Balaban J connectivity index is 1.84. The molecular weight excluding hydrogens is 226 g/mol. The summed E-state index contributed by atoms with van der Waals surface area (Å²) in [5.74, 6) is 1.38. The predicted molar refractivity (Wildman–Crippen MR) is 71.7 cm³/mol. The molecule has 0 radical (unpaired) electrons. The fraction of sp³-hybridized carbons (Fsp3) is 0.500. The van der Waals surface area contributed by atoms with E-state index < -0.39 is 0 Å². The maximum absolute atomic E-state index is 5.59. The Morgan fingerprint density at radius 3 is 3.11 bits per heavy atom. The van der Waals surface area contributed by atoms with E-state index >= 15 is 0 Å². The van der Waals surface area contributed by atoms with E-state index in [0.717, 1.165) is 43.0 Å². The standard InChI is InChI=1S/C14H19N3O/c1-2-7-15-13-9-18-8-10(13)14-16-11-5-3-4-6-12(11)17-14/h3-6,10,13,15H,2,7-9H2,1H3,(H,16,17). The number of ether oxygens (including phenoxy) is 1. The molecule has 96 valence electrons. The molecule has 0 aliphatic carbocycles. The van der Waals surface area contributed by atoms with Gasteiger partial charge >= 0.3 is 0 Å². The highest BCUT2D eigenvalue weighted by Gasteiger charge is 2.31. The first-order chi connectivity index (χ1) is 8.88. The van der Waals surface area contributed by atoms with E-state index in [0.29, 0.717) is 12.0 Å². The second-order valence-corrected chi connectivity index (χ2v) is 4.84. The van der Waals surface area contributed by atoms with Crippen molar-refractivity contribution >= 4 is 11.0 Å². The number of benzene rings is 1. The third-order valence-electron chi connectivity index (χ3n) is 3.50. The summed E-state index contributed by atoms with van der Waals surface area (Å²) in [6.45, 7) is 4.74. The van der Waals surface area contributed by atoms with Gasteiger partial charge in [0.05, 0.1) is 30.2 Å². The number of nitrogens with one attached hydrogen (secondary N) is 2. The Morgan fingerprint density at radius 1 is 1.39 bits per heavy atom. The summed E-state index contributed by atoms with van der Waals surface area (Å²) in [7, 11) is 0. The lowest BCUT2D eigenvalue weighted by atomic mass is 10.0. The minimum atomic E-state index is 0.337. The Labute approximate surface area is 107 Å². The highest BCUT2D eigenvalue weighted by Crippen LogP contribution is 2.25. The summed E-state index contributed by atoms with van der Waals surface area (Å²) in [6, 6.07) is 8.54. The van der Waals surface area contributed by atoms with Crippen molar-refractivity contribution in [1.29, 1.82) is 0 Å². The number of hydrogen-bond donors (Lipinski definition) is 2. The SMILES string of the molecule is CCCNC1COCC1c1nc2ccccc2[nH]1. The van der Waals surface area contributed by atoms with E-state index in [1.54, 1.807) is 0 Å². The van der Waals surface area contributed by atoms with Crippen LogP contribution in [0.3, 0.4) is 0 Å². The molecule has 1 saturated heterocycles. The molecule has 0 amide bonds. The maximum atomic E-state index is 5.59. The van der Waals surface area contributed by atoms with Crippen molar-refractivity contribution in [2.45, 2.75) is 25.3 Å². The van der Waals surface area contributed by atoms with Crippen LogP contribution in [0.5, 0.6) is 0 Å². The summed E-state index contributed by atoms with van der Waals surface area (Å²) in [5.41, 5.74) is 2.14. The first-order valence-electron chi connectivity index (χ1n) is 6.64. The van der Waals surface area contributed by atoms with E-state index in [2.05, 4.69) is 28.3 Å². The molecule has 0 saturated carbocycles. The molecule has 0 spiro atoms. The summed E-state index contributed by atoms with van der Waals surface area (Å²) in [6.07, 6.45) is 1.14. The number of aromatic amines is 1. The van der Waals surface area contributed by atoms with Crippen LogP contribution in [0.15, 0.2) is 24.3 Å². The summed E-state index contributed by atoms with van der Waals surface area (Å²) < 4.78 is 5.59. The van der Waals surface area contributed by atoms with Gasteiger partial charge in [0.25, 0.3) is 0 Å². The van der Waals surface area contributed by atoms with Crippen LogP contribution in [0.25, 0.3) is 11.0 Å². The smallest absolute Gasteiger partial charge is 0.114 e. The van der Waals surface area contributed by atoms with Crippen LogP contribution in [-0.2, 0) is 4.74 Å². The number of aromatic nitrogens is 2. The van der Waals surface area contributed by atoms with Crippen LogP contribution in [0, 0.1) is 0 Å². The molecule has 1 aliphatic rings. The lowest BCUT2D eigenvalue weighted by Crippen LogP contribution is -2.35. The third kappa shape index (κ3) is 2.13. The Hall–Kier alpha value is -1.39. The van der Waals surface area contributed by atoms with Crippen molar-refractivity contribution in [3.8, 4) is 0 Å². The monoisotopic (exact) mass is 245 g/mol. The van der Waals surface area contributed by atoms with Crippen LogP contribution >= 0.6 is 0 Å². The largest absolute Gasteiger partial charge is 0.379 e. The molecule has 2 atom stereocenters. The van der Waals surface area contributed by atoms with Crippen LogP contribution in [0.1, 0.15) is 25.1 Å². The fourth-order valence-corrected chi connectivity index (χ4v) is 2.50. The Bertz CT molecular complexity index is 489. The van der Waals surface area contributed by atoms with Crippen LogP contribution in [0.4, 0.5) is 0 Å². The molecule has 1 aromatic carbocycles. The van der Waals surface area contributed by atoms with E-state index in [1.807, 2.05) is 18.2 Å². The van der Waals surface area contributed by atoms with Gasteiger partial charge in [-0.3, -0.25) is 0 Å². The number of hydrogen-bond acceptors (Lipinski definition) is 3. The van der Waals surface area contributed by atoms with Gasteiger partial charge in [-0.15, -0.1) is 0 Å². The molecule has 1 aliphatic heterocycles. The zero-order valence-corrected chi connectivity index (χ0v) is 10.6. The second kappa shape index (κ2) is 5.08. The van der Waals surface area contributed by atoms with Crippen molar-refractivity contribution in [2.75, 3.05) is 19.8 Å². The van der Waals surface area contributed by atoms with Crippen molar-refractivity contribution in [2.24, 2.45) is 0 Å². The number of H-pyrrole nitrogens is 1. The van der Waals surface area contributed by atoms with E-state index in [1.165, 1.54) is 0 Å². The molecule has 2 heterocycles. The first-order valence-corrected chi connectivity index (χ1v) is 6.64. The first kappa shape index (κ1) is 11.7. The molecule has 1 fully saturated rings. The van der Waals surface area contributed by atoms with Gasteiger partial charge in [0.15, 0.2) is 0 Å². The molecule has 3 rings (SSSR count). The summed E-state index contributed by atoms with van der Waals surface area (Å²) in [5, 5.41) is 3.54. The average molecular weight is 245 g/mol. The molecule has 4 nitrogen and oxygen atoms in total. The Morgan fingerprint density at radius 2 is 2.28 bits per heavy atom. The quantitative estimate of drug-likeness (QED) is 0.866. The van der Waals surface area contributed by atoms with Crippen LogP contribution in [-0.4, -0.2) is 35.8 Å². The van der Waals surface area contributed by atoms with Gasteiger partial charge < -0.3 is 15.0 Å². The zero-order valence-electron chi connectivity index (χ0n) is 10.6. The molecule has 4 heteroatoms. The zero-order chi connectivity index (χ0) is 12.4. The van der Waals surface area contributed by atoms with Crippen LogP contribution in [0.2, 0.25) is 0 Å². The molecule has 1 aromatic heterocycles.